The summed E-state index contributed by atoms with van der Waals surface area (Å²) in [7, 11) is 1.97. The molecule has 1 N–H and O–H groups in total. The average molecular weight is 506 g/mol. The van der Waals surface area contributed by atoms with Crippen molar-refractivity contribution in [2.45, 2.75) is 13.5 Å². The predicted octanol–water partition coefficient (Wildman–Crippen LogP) is 3.96. The summed E-state index contributed by atoms with van der Waals surface area (Å²) in [6, 6.07) is 18.0. The maximum atomic E-state index is 9.91. The van der Waals surface area contributed by atoms with Gasteiger partial charge in [0.1, 0.15) is 12.0 Å². The number of aromatic nitrogens is 6. The van der Waals surface area contributed by atoms with Crippen molar-refractivity contribution < 1.29 is 4.74 Å². The van der Waals surface area contributed by atoms with Gasteiger partial charge in [0.05, 0.1) is 36.2 Å². The second-order valence-corrected chi connectivity index (χ2v) is 9.29. The molecular weight excluding hydrogens is 478 g/mol. The van der Waals surface area contributed by atoms with Crippen molar-refractivity contribution in [3.63, 3.8) is 0 Å². The van der Waals surface area contributed by atoms with E-state index in [1.807, 2.05) is 73.6 Å². The first kappa shape index (κ1) is 23.8. The standard InChI is InChI=1S/C28H27N9O/c1-19-5-3-7-23(32-19)27-26(21-9-10-25-30-18-31-37(25)16-21)33-28(34-27)35(2)24-8-4-6-20(15-29)22(24)17-36-11-13-38-14-12-36/h3-10,16,18H,11-14,17H2,1-2H3,(H,33,34). The van der Waals surface area contributed by atoms with Gasteiger partial charge in [0.2, 0.25) is 5.95 Å². The van der Waals surface area contributed by atoms with E-state index in [0.29, 0.717) is 31.3 Å². The molecule has 0 amide bonds. The predicted molar refractivity (Wildman–Crippen MR) is 144 cm³/mol. The van der Waals surface area contributed by atoms with Crippen LogP contribution in [0, 0.1) is 18.3 Å². The van der Waals surface area contributed by atoms with Crippen LogP contribution in [0.4, 0.5) is 11.6 Å². The van der Waals surface area contributed by atoms with Crippen molar-refractivity contribution in [3.8, 4) is 28.7 Å². The number of morpholine rings is 1. The fraction of sp³-hybridized carbons (Fsp3) is 0.250. The highest BCUT2D eigenvalue weighted by Crippen LogP contribution is 2.35. The number of ether oxygens (including phenoxy) is 1. The van der Waals surface area contributed by atoms with Gasteiger partial charge in [-0.3, -0.25) is 9.88 Å². The molecule has 38 heavy (non-hydrogen) atoms. The van der Waals surface area contributed by atoms with Crippen LogP contribution < -0.4 is 4.90 Å². The first-order chi connectivity index (χ1) is 18.6. The molecule has 10 heteroatoms. The molecule has 190 valence electrons. The van der Waals surface area contributed by atoms with Crippen molar-refractivity contribution in [2.75, 3.05) is 38.3 Å². The number of nitriles is 1. The number of nitrogens with zero attached hydrogens (tertiary/aromatic N) is 8. The zero-order valence-corrected chi connectivity index (χ0v) is 21.3. The van der Waals surface area contributed by atoms with Crippen LogP contribution in [0.1, 0.15) is 16.8 Å². The highest BCUT2D eigenvalue weighted by atomic mass is 16.5. The molecule has 0 spiro atoms. The van der Waals surface area contributed by atoms with Crippen LogP contribution >= 0.6 is 0 Å². The molecule has 0 aliphatic carbocycles. The monoisotopic (exact) mass is 505 g/mol. The molecule has 0 unspecified atom stereocenters. The van der Waals surface area contributed by atoms with Crippen LogP contribution in [0.25, 0.3) is 28.3 Å². The summed E-state index contributed by atoms with van der Waals surface area (Å²) >= 11 is 0. The van der Waals surface area contributed by atoms with Crippen molar-refractivity contribution in [3.05, 3.63) is 77.9 Å². The van der Waals surface area contributed by atoms with Gasteiger partial charge in [0.15, 0.2) is 5.65 Å². The Kier molecular flexibility index (Phi) is 6.29. The molecule has 0 saturated carbocycles. The summed E-state index contributed by atoms with van der Waals surface area (Å²) in [6.07, 6.45) is 3.45. The number of hydrogen-bond acceptors (Lipinski definition) is 8. The van der Waals surface area contributed by atoms with Crippen LogP contribution in [-0.4, -0.2) is 67.8 Å². The Hall–Kier alpha value is -4.59. The molecule has 1 aliphatic heterocycles. The summed E-state index contributed by atoms with van der Waals surface area (Å²) in [5.74, 6) is 0.648. The lowest BCUT2D eigenvalue weighted by Gasteiger charge is -2.29. The lowest BCUT2D eigenvalue weighted by atomic mass is 10.0. The van der Waals surface area contributed by atoms with Gasteiger partial charge >= 0.3 is 0 Å². The van der Waals surface area contributed by atoms with E-state index in [0.717, 1.165) is 58.3 Å². The second kappa shape index (κ2) is 10.0. The van der Waals surface area contributed by atoms with Crippen LogP contribution in [0.15, 0.2) is 61.1 Å². The lowest BCUT2D eigenvalue weighted by Crippen LogP contribution is -2.36. The molecule has 1 aliphatic rings. The van der Waals surface area contributed by atoms with Crippen molar-refractivity contribution in [1.29, 1.82) is 5.26 Å². The van der Waals surface area contributed by atoms with E-state index in [1.54, 1.807) is 4.52 Å². The fourth-order valence-electron chi connectivity index (χ4n) is 4.81. The Balaban J connectivity index is 1.45. The van der Waals surface area contributed by atoms with Crippen molar-refractivity contribution >= 4 is 17.3 Å². The number of imidazole rings is 1. The Labute approximate surface area is 220 Å². The molecule has 1 fully saturated rings. The number of H-pyrrole nitrogens is 1. The molecule has 1 aromatic carbocycles. The number of aromatic amines is 1. The van der Waals surface area contributed by atoms with E-state index in [1.165, 1.54) is 6.33 Å². The third-order valence-corrected chi connectivity index (χ3v) is 6.82. The highest BCUT2D eigenvalue weighted by Gasteiger charge is 2.22. The van der Waals surface area contributed by atoms with Crippen LogP contribution in [0.5, 0.6) is 0 Å². The number of hydrogen-bond donors (Lipinski definition) is 1. The van der Waals surface area contributed by atoms with Gasteiger partial charge in [0.25, 0.3) is 0 Å². The Morgan fingerprint density at radius 2 is 1.92 bits per heavy atom. The molecule has 0 atom stereocenters. The Morgan fingerprint density at radius 3 is 2.74 bits per heavy atom. The number of anilines is 2. The first-order valence-corrected chi connectivity index (χ1v) is 12.5. The fourth-order valence-corrected chi connectivity index (χ4v) is 4.81. The zero-order chi connectivity index (χ0) is 26.1. The summed E-state index contributed by atoms with van der Waals surface area (Å²) in [5.41, 5.74) is 7.47. The Bertz CT molecular complexity index is 1640. The minimum atomic E-state index is 0.648. The molecule has 5 aromatic rings. The molecule has 5 heterocycles. The van der Waals surface area contributed by atoms with Gasteiger partial charge in [-0.05, 0) is 43.3 Å². The molecule has 6 rings (SSSR count). The van der Waals surface area contributed by atoms with Gasteiger partial charge in [-0.15, -0.1) is 0 Å². The minimum absolute atomic E-state index is 0.648. The van der Waals surface area contributed by atoms with E-state index in [4.69, 9.17) is 14.7 Å². The van der Waals surface area contributed by atoms with Crippen LogP contribution in [-0.2, 0) is 11.3 Å². The molecular formula is C28H27N9O. The number of pyridine rings is 2. The average Bonchev–Trinajstić information content (AvgIpc) is 3.61. The molecule has 0 bridgehead atoms. The third kappa shape index (κ3) is 4.49. The second-order valence-electron chi connectivity index (χ2n) is 9.29. The summed E-state index contributed by atoms with van der Waals surface area (Å²) in [6.45, 7) is 5.70. The van der Waals surface area contributed by atoms with E-state index in [2.05, 4.69) is 26.0 Å². The molecule has 0 radical (unpaired) electrons. The van der Waals surface area contributed by atoms with Crippen LogP contribution in [0.2, 0.25) is 0 Å². The largest absolute Gasteiger partial charge is 0.379 e. The number of fused-ring (bicyclic) bond motifs is 1. The topological polar surface area (TPSA) is 111 Å². The van der Waals surface area contributed by atoms with Gasteiger partial charge < -0.3 is 14.6 Å². The normalized spacial score (nSPS) is 14.0. The van der Waals surface area contributed by atoms with Gasteiger partial charge in [-0.25, -0.2) is 14.5 Å². The first-order valence-electron chi connectivity index (χ1n) is 12.5. The van der Waals surface area contributed by atoms with E-state index in [9.17, 15) is 5.26 Å². The molecule has 4 aromatic heterocycles. The van der Waals surface area contributed by atoms with E-state index in [-0.39, 0.29) is 0 Å². The summed E-state index contributed by atoms with van der Waals surface area (Å²) < 4.78 is 7.26. The van der Waals surface area contributed by atoms with Gasteiger partial charge in [-0.2, -0.15) is 10.4 Å². The quantitative estimate of drug-likeness (QED) is 0.369. The SMILES string of the molecule is Cc1cccc(-c2[nH]c(N(C)c3cccc(C#N)c3CN3CCOCC3)nc2-c2ccc3ncnn3c2)n1. The maximum absolute atomic E-state index is 9.91. The lowest BCUT2D eigenvalue weighted by molar-refractivity contribution is 0.0342. The van der Waals surface area contributed by atoms with Crippen LogP contribution in [0.3, 0.4) is 0 Å². The van der Waals surface area contributed by atoms with Gasteiger partial charge in [-0.1, -0.05) is 12.1 Å². The Morgan fingerprint density at radius 1 is 1.08 bits per heavy atom. The summed E-state index contributed by atoms with van der Waals surface area (Å²) in [4.78, 5) is 21.9. The van der Waals surface area contributed by atoms with Crippen molar-refractivity contribution in [2.24, 2.45) is 0 Å². The number of aryl methyl sites for hydroxylation is 1. The maximum Gasteiger partial charge on any atom is 0.208 e. The highest BCUT2D eigenvalue weighted by molar-refractivity contribution is 5.80. The van der Waals surface area contributed by atoms with Gasteiger partial charge in [0, 0.05) is 55.4 Å². The number of rotatable bonds is 6. The minimum Gasteiger partial charge on any atom is -0.379 e. The van der Waals surface area contributed by atoms with E-state index >= 15 is 0 Å². The van der Waals surface area contributed by atoms with Crippen molar-refractivity contribution in [1.82, 2.24) is 34.4 Å². The molecule has 10 nitrogen and oxygen atoms in total. The van der Waals surface area contributed by atoms with E-state index < -0.39 is 0 Å². The third-order valence-electron chi connectivity index (χ3n) is 6.82. The smallest absolute Gasteiger partial charge is 0.208 e. The number of nitrogens with one attached hydrogen (secondary N) is 1. The number of benzene rings is 1. The zero-order valence-electron chi connectivity index (χ0n) is 21.3. The summed E-state index contributed by atoms with van der Waals surface area (Å²) in [5, 5.41) is 14.2. The molecule has 1 saturated heterocycles.